The van der Waals surface area contributed by atoms with Crippen LogP contribution in [0.3, 0.4) is 0 Å². The maximum atomic E-state index is 12.7. The Labute approximate surface area is 118 Å². The second kappa shape index (κ2) is 4.54. The average Bonchev–Trinajstić information content (AvgIpc) is 2.68. The Morgan fingerprint density at radius 1 is 1.26 bits per heavy atom. The van der Waals surface area contributed by atoms with Crippen molar-refractivity contribution in [3.05, 3.63) is 40.4 Å². The van der Waals surface area contributed by atoms with Crippen LogP contribution >= 0.6 is 15.9 Å². The molecule has 0 aromatic heterocycles. The van der Waals surface area contributed by atoms with Crippen LogP contribution in [-0.2, 0) is 6.18 Å². The van der Waals surface area contributed by atoms with Gasteiger partial charge >= 0.3 is 6.18 Å². The first-order chi connectivity index (χ1) is 8.95. The van der Waals surface area contributed by atoms with E-state index in [0.29, 0.717) is 22.0 Å². The fourth-order valence-electron chi connectivity index (χ4n) is 2.90. The quantitative estimate of drug-likeness (QED) is 0.764. The van der Waals surface area contributed by atoms with Gasteiger partial charge in [0.25, 0.3) is 0 Å². The van der Waals surface area contributed by atoms with Crippen molar-refractivity contribution in [2.24, 2.45) is 11.8 Å². The molecule has 2 aliphatic carbocycles. The zero-order valence-corrected chi connectivity index (χ0v) is 11.6. The standard InChI is InChI=1S/C14H13BrF3N/c15-11-5-4-9(14(16,17)18)7-13(11)19-12-6-8-2-1-3-10(8)12/h1,3-5,7-8,10,12,19H,2,6H2. The van der Waals surface area contributed by atoms with Crippen LogP contribution in [0, 0.1) is 11.8 Å². The molecule has 1 fully saturated rings. The number of rotatable bonds is 2. The van der Waals surface area contributed by atoms with Gasteiger partial charge in [0.2, 0.25) is 0 Å². The predicted octanol–water partition coefficient (Wildman–Crippen LogP) is 4.84. The molecule has 3 rings (SSSR count). The van der Waals surface area contributed by atoms with E-state index in [0.717, 1.165) is 18.9 Å². The fourth-order valence-corrected chi connectivity index (χ4v) is 3.26. The van der Waals surface area contributed by atoms with Gasteiger partial charge in [-0.1, -0.05) is 12.2 Å². The molecule has 1 N–H and O–H groups in total. The third kappa shape index (κ3) is 2.40. The van der Waals surface area contributed by atoms with Crippen molar-refractivity contribution in [3.63, 3.8) is 0 Å². The number of hydrogen-bond donors (Lipinski definition) is 1. The molecule has 0 heterocycles. The van der Waals surface area contributed by atoms with Crippen LogP contribution in [0.4, 0.5) is 18.9 Å². The number of anilines is 1. The highest BCUT2D eigenvalue weighted by Gasteiger charge is 2.41. The minimum absolute atomic E-state index is 0.253. The topological polar surface area (TPSA) is 12.0 Å². The van der Waals surface area contributed by atoms with E-state index in [-0.39, 0.29) is 6.04 Å². The van der Waals surface area contributed by atoms with E-state index < -0.39 is 11.7 Å². The first-order valence-electron chi connectivity index (χ1n) is 6.25. The Balaban J connectivity index is 1.79. The smallest absolute Gasteiger partial charge is 0.381 e. The van der Waals surface area contributed by atoms with Gasteiger partial charge in [-0.15, -0.1) is 0 Å². The summed E-state index contributed by atoms with van der Waals surface area (Å²) in [6.07, 6.45) is 2.17. The normalized spacial score (nSPS) is 28.9. The molecule has 2 aliphatic rings. The second-order valence-electron chi connectivity index (χ2n) is 5.18. The van der Waals surface area contributed by atoms with Crippen molar-refractivity contribution in [3.8, 4) is 0 Å². The number of nitrogens with one attached hydrogen (secondary N) is 1. The monoisotopic (exact) mass is 331 g/mol. The van der Waals surface area contributed by atoms with Gasteiger partial charge in [-0.05, 0) is 52.9 Å². The zero-order valence-electron chi connectivity index (χ0n) is 10.0. The molecule has 1 nitrogen and oxygen atoms in total. The van der Waals surface area contributed by atoms with Crippen LogP contribution in [0.25, 0.3) is 0 Å². The summed E-state index contributed by atoms with van der Waals surface area (Å²) in [6, 6.07) is 3.97. The summed E-state index contributed by atoms with van der Waals surface area (Å²) in [5, 5.41) is 3.23. The minimum Gasteiger partial charge on any atom is -0.381 e. The average molecular weight is 332 g/mol. The van der Waals surface area contributed by atoms with Crippen LogP contribution in [0.1, 0.15) is 18.4 Å². The molecule has 3 atom stereocenters. The molecular weight excluding hydrogens is 319 g/mol. The van der Waals surface area contributed by atoms with Crippen molar-refractivity contribution in [2.45, 2.75) is 25.1 Å². The Morgan fingerprint density at radius 2 is 2.05 bits per heavy atom. The van der Waals surface area contributed by atoms with Crippen LogP contribution in [-0.4, -0.2) is 6.04 Å². The third-order valence-corrected chi connectivity index (χ3v) is 4.69. The first kappa shape index (κ1) is 13.0. The van der Waals surface area contributed by atoms with Gasteiger partial charge in [-0.3, -0.25) is 0 Å². The first-order valence-corrected chi connectivity index (χ1v) is 7.04. The summed E-state index contributed by atoms with van der Waals surface area (Å²) in [4.78, 5) is 0. The van der Waals surface area contributed by atoms with Crippen molar-refractivity contribution < 1.29 is 13.2 Å². The van der Waals surface area contributed by atoms with E-state index in [1.165, 1.54) is 12.1 Å². The zero-order chi connectivity index (χ0) is 13.6. The molecule has 0 radical (unpaired) electrons. The van der Waals surface area contributed by atoms with E-state index in [1.54, 1.807) is 0 Å². The van der Waals surface area contributed by atoms with E-state index in [2.05, 4.69) is 33.4 Å². The van der Waals surface area contributed by atoms with Gasteiger partial charge in [-0.2, -0.15) is 13.2 Å². The van der Waals surface area contributed by atoms with Gasteiger partial charge in [0.1, 0.15) is 0 Å². The highest BCUT2D eigenvalue weighted by Crippen LogP contribution is 2.45. The van der Waals surface area contributed by atoms with E-state index in [4.69, 9.17) is 0 Å². The van der Waals surface area contributed by atoms with Crippen LogP contribution in [0.5, 0.6) is 0 Å². The molecule has 1 saturated carbocycles. The van der Waals surface area contributed by atoms with Crippen molar-refractivity contribution in [1.82, 2.24) is 0 Å². The molecule has 19 heavy (non-hydrogen) atoms. The highest BCUT2D eigenvalue weighted by atomic mass is 79.9. The lowest BCUT2D eigenvalue weighted by atomic mass is 9.71. The largest absolute Gasteiger partial charge is 0.416 e. The summed E-state index contributed by atoms with van der Waals surface area (Å²) in [5.74, 6) is 1.16. The van der Waals surface area contributed by atoms with Crippen molar-refractivity contribution in [1.29, 1.82) is 0 Å². The molecule has 102 valence electrons. The van der Waals surface area contributed by atoms with Gasteiger partial charge in [0.05, 0.1) is 5.56 Å². The van der Waals surface area contributed by atoms with Gasteiger partial charge in [0.15, 0.2) is 0 Å². The Hall–Kier alpha value is -0.970. The molecule has 0 saturated heterocycles. The number of alkyl halides is 3. The van der Waals surface area contributed by atoms with Crippen LogP contribution in [0.2, 0.25) is 0 Å². The lowest BCUT2D eigenvalue weighted by molar-refractivity contribution is -0.137. The number of allylic oxidation sites excluding steroid dienone is 1. The Morgan fingerprint density at radius 3 is 2.74 bits per heavy atom. The third-order valence-electron chi connectivity index (χ3n) is 4.00. The molecule has 0 spiro atoms. The maximum Gasteiger partial charge on any atom is 0.416 e. The van der Waals surface area contributed by atoms with Gasteiger partial charge in [-0.25, -0.2) is 0 Å². The summed E-state index contributed by atoms with van der Waals surface area (Å²) in [5.41, 5.74) is -0.0883. The molecule has 0 bridgehead atoms. The molecule has 1 aromatic rings. The number of hydrogen-bond acceptors (Lipinski definition) is 1. The summed E-state index contributed by atoms with van der Waals surface area (Å²) < 4.78 is 38.8. The Kier molecular flexibility index (Phi) is 3.12. The molecule has 3 unspecified atom stereocenters. The number of halogens is 4. The molecule has 5 heteroatoms. The number of benzene rings is 1. The van der Waals surface area contributed by atoms with Gasteiger partial charge < -0.3 is 5.32 Å². The predicted molar refractivity (Wildman–Crippen MR) is 71.9 cm³/mol. The minimum atomic E-state index is -4.30. The van der Waals surface area contributed by atoms with Crippen LogP contribution in [0.15, 0.2) is 34.8 Å². The lowest BCUT2D eigenvalue weighted by Crippen LogP contribution is -2.43. The van der Waals surface area contributed by atoms with E-state index >= 15 is 0 Å². The summed E-state index contributed by atoms with van der Waals surface area (Å²) in [6.45, 7) is 0. The molecule has 1 aromatic carbocycles. The molecule has 0 aliphatic heterocycles. The highest BCUT2D eigenvalue weighted by molar-refractivity contribution is 9.10. The Bertz CT molecular complexity index is 524. The molecular formula is C14H13BrF3N. The SMILES string of the molecule is FC(F)(F)c1ccc(Br)c(NC2CC3CC=CC32)c1. The van der Waals surface area contributed by atoms with E-state index in [9.17, 15) is 13.2 Å². The van der Waals surface area contributed by atoms with E-state index in [1.807, 2.05) is 0 Å². The fraction of sp³-hybridized carbons (Fsp3) is 0.429. The van der Waals surface area contributed by atoms with Gasteiger partial charge in [0, 0.05) is 22.1 Å². The second-order valence-corrected chi connectivity index (χ2v) is 6.03. The summed E-state index contributed by atoms with van der Waals surface area (Å²) >= 11 is 3.30. The maximum absolute atomic E-state index is 12.7. The molecule has 0 amide bonds. The lowest BCUT2D eigenvalue weighted by Gasteiger charge is -2.41. The van der Waals surface area contributed by atoms with Crippen LogP contribution < -0.4 is 5.32 Å². The van der Waals surface area contributed by atoms with Crippen molar-refractivity contribution in [2.75, 3.05) is 5.32 Å². The summed E-state index contributed by atoms with van der Waals surface area (Å²) in [7, 11) is 0. The number of fused-ring (bicyclic) bond motifs is 1. The van der Waals surface area contributed by atoms with Crippen molar-refractivity contribution >= 4 is 21.6 Å².